The smallest absolute Gasteiger partial charge is 0.369 e. The van der Waals surface area contributed by atoms with Crippen molar-refractivity contribution in [1.82, 2.24) is 0 Å². The van der Waals surface area contributed by atoms with Gasteiger partial charge in [-0.15, -0.1) is 47.3 Å². The Morgan fingerprint density at radius 2 is 0.875 bits per heavy atom. The third-order valence-corrected chi connectivity index (χ3v) is 3.67. The molecule has 0 saturated carbocycles. The minimum absolute atomic E-state index is 0.102. The number of halogens is 3. The van der Waals surface area contributed by atoms with Gasteiger partial charge >= 0.3 is 3.18 Å². The van der Waals surface area contributed by atoms with Gasteiger partial charge in [0.2, 0.25) is 0 Å². The average Bonchev–Trinajstić information content (AvgIpc) is 2.67. The highest BCUT2D eigenvalue weighted by molar-refractivity contribution is 9.69. The van der Waals surface area contributed by atoms with E-state index in [1.165, 1.54) is 16.7 Å². The van der Waals surface area contributed by atoms with Crippen molar-refractivity contribution in [2.75, 3.05) is 0 Å². The maximum atomic E-state index is 8.76. The average molecular weight is 641 g/mol. The predicted octanol–water partition coefficient (Wildman–Crippen LogP) is 8.49. The molecule has 0 aliphatic rings. The van der Waals surface area contributed by atoms with Crippen LogP contribution < -0.4 is 0 Å². The molecule has 0 aliphatic carbocycles. The molecule has 7 heteroatoms. The number of rotatable bonds is 4. The standard InChI is InChI=1S/C8H10.C7H8O.2C5H12O.BBr3/c1-7-3-5-8(2)6-4-7;1-6-2-4-7(8)5-3-6;2*1-3-4-5(2)6;2-1(3)4/h3-6H,1-2H3;2-5,8H,1H3;2*5-6H,3-4H2,1-2H3;. The SMILES string of the molecule is BrB(Br)Br.CCCC(C)O.CCCC(C)O.Cc1ccc(C)cc1.Cc1ccc(O)cc1. The summed E-state index contributed by atoms with van der Waals surface area (Å²) in [6.45, 7) is 13.9. The van der Waals surface area contributed by atoms with Crippen molar-refractivity contribution in [3.05, 3.63) is 65.2 Å². The fourth-order valence-electron chi connectivity index (χ4n) is 2.02. The van der Waals surface area contributed by atoms with Gasteiger partial charge in [-0.1, -0.05) is 79.8 Å². The number of phenols is 1. The molecule has 0 saturated heterocycles. The Bertz CT molecular complexity index is 521. The van der Waals surface area contributed by atoms with E-state index in [0.29, 0.717) is 5.75 Å². The number of aryl methyl sites for hydroxylation is 3. The Kier molecular flexibility index (Phi) is 28.6. The number of aliphatic hydroxyl groups excluding tert-OH is 2. The number of hydrogen-bond donors (Lipinski definition) is 3. The fourth-order valence-corrected chi connectivity index (χ4v) is 2.02. The summed E-state index contributed by atoms with van der Waals surface area (Å²) in [6, 6.07) is 15.6. The highest BCUT2D eigenvalue weighted by atomic mass is 79.9. The van der Waals surface area contributed by atoms with Crippen LogP contribution in [-0.2, 0) is 0 Å². The second-order valence-corrected chi connectivity index (χ2v) is 13.9. The van der Waals surface area contributed by atoms with Crippen molar-refractivity contribution in [2.45, 2.75) is 86.4 Å². The lowest BCUT2D eigenvalue weighted by Crippen LogP contribution is -1.95. The summed E-state index contributed by atoms with van der Waals surface area (Å²) in [5, 5.41) is 25.9. The predicted molar refractivity (Wildman–Crippen MR) is 154 cm³/mol. The van der Waals surface area contributed by atoms with Gasteiger partial charge in [-0.3, -0.25) is 0 Å². The van der Waals surface area contributed by atoms with E-state index in [-0.39, 0.29) is 15.4 Å². The van der Waals surface area contributed by atoms with Crippen molar-refractivity contribution in [1.29, 1.82) is 0 Å². The molecule has 0 spiro atoms. The quantitative estimate of drug-likeness (QED) is 0.294. The first kappa shape index (κ1) is 36.2. The minimum atomic E-state index is -0.102. The molecule has 0 radical (unpaired) electrons. The summed E-state index contributed by atoms with van der Waals surface area (Å²) in [5.41, 5.74) is 3.83. The number of aliphatic hydroxyl groups is 2. The van der Waals surface area contributed by atoms with Gasteiger partial charge in [0.1, 0.15) is 5.75 Å². The Morgan fingerprint density at radius 3 is 1.00 bits per heavy atom. The molecule has 0 amide bonds. The third kappa shape index (κ3) is 37.0. The van der Waals surface area contributed by atoms with Crippen LogP contribution in [0.25, 0.3) is 0 Å². The monoisotopic (exact) mass is 638 g/mol. The number of benzene rings is 2. The van der Waals surface area contributed by atoms with Gasteiger partial charge in [-0.25, -0.2) is 0 Å². The van der Waals surface area contributed by atoms with E-state index in [1.807, 2.05) is 32.9 Å². The van der Waals surface area contributed by atoms with Crippen LogP contribution in [0.4, 0.5) is 0 Å². The highest BCUT2D eigenvalue weighted by Gasteiger charge is 1.88. The first-order valence-electron chi connectivity index (χ1n) is 10.9. The fraction of sp³-hybridized carbons (Fsp3) is 0.520. The minimum Gasteiger partial charge on any atom is -0.508 e. The molecule has 3 nitrogen and oxygen atoms in total. The topological polar surface area (TPSA) is 60.7 Å². The summed E-state index contributed by atoms with van der Waals surface area (Å²) in [4.78, 5) is 0. The molecule has 2 rings (SSSR count). The molecule has 0 fully saturated rings. The summed E-state index contributed by atoms with van der Waals surface area (Å²) in [7, 11) is 0. The van der Waals surface area contributed by atoms with E-state index < -0.39 is 0 Å². The molecular formula is C25H42BBr3O3. The Labute approximate surface area is 222 Å². The zero-order chi connectivity index (χ0) is 25.5. The molecule has 2 unspecified atom stereocenters. The van der Waals surface area contributed by atoms with Crippen LogP contribution in [0.15, 0.2) is 48.5 Å². The first-order chi connectivity index (χ1) is 14.8. The third-order valence-electron chi connectivity index (χ3n) is 3.67. The lowest BCUT2D eigenvalue weighted by molar-refractivity contribution is 0.183. The molecule has 3 N–H and O–H groups in total. The summed E-state index contributed by atoms with van der Waals surface area (Å²) in [6.07, 6.45) is 3.82. The lowest BCUT2D eigenvalue weighted by Gasteiger charge is -1.95. The van der Waals surface area contributed by atoms with Crippen LogP contribution >= 0.6 is 47.3 Å². The van der Waals surface area contributed by atoms with Crippen LogP contribution in [-0.4, -0.2) is 30.7 Å². The van der Waals surface area contributed by atoms with Gasteiger partial charge in [0.15, 0.2) is 0 Å². The number of phenolic OH excluding ortho intramolecular Hbond substituents is 1. The summed E-state index contributed by atoms with van der Waals surface area (Å²) in [5.74, 6) is 0.329. The van der Waals surface area contributed by atoms with E-state index in [1.54, 1.807) is 12.1 Å². The molecule has 0 bridgehead atoms. The highest BCUT2D eigenvalue weighted by Crippen LogP contribution is 2.08. The maximum Gasteiger partial charge on any atom is 0.369 e. The van der Waals surface area contributed by atoms with Crippen LogP contribution in [0.5, 0.6) is 5.75 Å². The molecule has 0 heterocycles. The number of hydrogen-bond acceptors (Lipinski definition) is 3. The zero-order valence-corrected chi connectivity index (χ0v) is 25.4. The Balaban J connectivity index is -0.000000336. The Hall–Kier alpha value is -0.335. The van der Waals surface area contributed by atoms with E-state index in [4.69, 9.17) is 15.3 Å². The van der Waals surface area contributed by atoms with Crippen LogP contribution in [0, 0.1) is 20.8 Å². The van der Waals surface area contributed by atoms with Crippen molar-refractivity contribution >= 4 is 50.5 Å². The first-order valence-corrected chi connectivity index (χ1v) is 13.7. The summed E-state index contributed by atoms with van der Waals surface area (Å²) < 4.78 is 0.271. The number of aromatic hydroxyl groups is 1. The molecule has 184 valence electrons. The molecule has 2 atom stereocenters. The molecule has 2 aromatic carbocycles. The van der Waals surface area contributed by atoms with E-state index in [2.05, 4.69) is 99.2 Å². The molecule has 2 aromatic rings. The van der Waals surface area contributed by atoms with Crippen LogP contribution in [0.3, 0.4) is 0 Å². The van der Waals surface area contributed by atoms with E-state index >= 15 is 0 Å². The molecular weight excluding hydrogens is 599 g/mol. The van der Waals surface area contributed by atoms with Crippen molar-refractivity contribution in [2.24, 2.45) is 0 Å². The molecule has 32 heavy (non-hydrogen) atoms. The van der Waals surface area contributed by atoms with Gasteiger partial charge in [0, 0.05) is 0 Å². The summed E-state index contributed by atoms with van der Waals surface area (Å²) >= 11 is 9.31. The second-order valence-electron chi connectivity index (χ2n) is 7.51. The van der Waals surface area contributed by atoms with Crippen LogP contribution in [0.2, 0.25) is 0 Å². The largest absolute Gasteiger partial charge is 0.508 e. The second kappa shape index (κ2) is 25.3. The van der Waals surface area contributed by atoms with Crippen molar-refractivity contribution in [3.63, 3.8) is 0 Å². The van der Waals surface area contributed by atoms with Crippen molar-refractivity contribution in [3.8, 4) is 5.75 Å². The van der Waals surface area contributed by atoms with Gasteiger partial charge < -0.3 is 15.3 Å². The molecule has 0 aliphatic heterocycles. The van der Waals surface area contributed by atoms with Gasteiger partial charge in [0.05, 0.1) is 12.2 Å². The van der Waals surface area contributed by atoms with Crippen molar-refractivity contribution < 1.29 is 15.3 Å². The van der Waals surface area contributed by atoms with E-state index in [9.17, 15) is 0 Å². The van der Waals surface area contributed by atoms with Gasteiger partial charge in [-0.2, -0.15) is 0 Å². The van der Waals surface area contributed by atoms with E-state index in [0.717, 1.165) is 25.7 Å². The molecule has 0 aromatic heterocycles. The zero-order valence-electron chi connectivity index (χ0n) is 20.7. The van der Waals surface area contributed by atoms with Gasteiger partial charge in [-0.05, 0) is 59.6 Å². The Morgan fingerprint density at radius 1 is 0.656 bits per heavy atom. The van der Waals surface area contributed by atoms with Gasteiger partial charge in [0.25, 0.3) is 0 Å². The maximum absolute atomic E-state index is 8.76. The van der Waals surface area contributed by atoms with Crippen LogP contribution in [0.1, 0.15) is 70.1 Å². The lowest BCUT2D eigenvalue weighted by atomic mass is 10.2. The normalized spacial score (nSPS) is 10.9.